The fourth-order valence-corrected chi connectivity index (χ4v) is 4.85. The number of ketones is 1. The first-order valence-electron chi connectivity index (χ1n) is 11.4. The zero-order valence-electron chi connectivity index (χ0n) is 18.4. The molecule has 31 heavy (non-hydrogen) atoms. The maximum absolute atomic E-state index is 13.6. The van der Waals surface area contributed by atoms with Gasteiger partial charge in [0.15, 0.2) is 11.5 Å². The molecule has 5 rings (SSSR count). The van der Waals surface area contributed by atoms with E-state index in [2.05, 4.69) is 40.4 Å². The molecule has 0 spiro atoms. The largest absolute Gasteiger partial charge is 0.384 e. The second kappa shape index (κ2) is 8.35. The van der Waals surface area contributed by atoms with Gasteiger partial charge in [0.2, 0.25) is 0 Å². The van der Waals surface area contributed by atoms with Crippen LogP contribution >= 0.6 is 0 Å². The third-order valence-electron chi connectivity index (χ3n) is 6.42. The fourth-order valence-electron chi connectivity index (χ4n) is 4.85. The summed E-state index contributed by atoms with van der Waals surface area (Å²) in [6.45, 7) is 3.84. The number of benzene rings is 2. The monoisotopic (exact) mass is 418 g/mol. The van der Waals surface area contributed by atoms with Gasteiger partial charge in [-0.3, -0.25) is 4.79 Å². The average molecular weight is 419 g/mol. The number of fused-ring (bicyclic) bond motifs is 2. The van der Waals surface area contributed by atoms with Gasteiger partial charge in [0, 0.05) is 36.4 Å². The molecule has 2 aliphatic rings. The molecule has 3 aromatic rings. The molecular formula is C25H30N4O2. The van der Waals surface area contributed by atoms with Crippen LogP contribution in [0.1, 0.15) is 48.0 Å². The van der Waals surface area contributed by atoms with E-state index in [0.29, 0.717) is 16.9 Å². The third kappa shape index (κ3) is 3.59. The van der Waals surface area contributed by atoms with Gasteiger partial charge in [-0.1, -0.05) is 42.3 Å². The Hall–Kier alpha value is -2.86. The smallest absolute Gasteiger partial charge is 0.196 e. The highest BCUT2D eigenvalue weighted by Gasteiger charge is 2.33. The van der Waals surface area contributed by atoms with Crippen molar-refractivity contribution < 1.29 is 9.32 Å². The number of carbonyl (C=O) groups is 1. The summed E-state index contributed by atoms with van der Waals surface area (Å²) in [5.41, 5.74) is 5.02. The van der Waals surface area contributed by atoms with Crippen molar-refractivity contribution in [3.8, 4) is 11.3 Å². The molecule has 0 bridgehead atoms. The average Bonchev–Trinajstić information content (AvgIpc) is 3.03. The summed E-state index contributed by atoms with van der Waals surface area (Å²) in [5.74, 6) is 0.766. The first-order valence-corrected chi connectivity index (χ1v) is 11.4. The minimum absolute atomic E-state index is 0.0498. The number of aromatic nitrogens is 1. The lowest BCUT2D eigenvalue weighted by Gasteiger charge is -2.26. The van der Waals surface area contributed by atoms with Crippen LogP contribution in [0.4, 0.5) is 11.4 Å². The number of nitrogens with zero attached hydrogens (tertiary/aromatic N) is 3. The molecule has 1 aliphatic heterocycles. The Labute approximate surface area is 183 Å². The minimum Gasteiger partial charge on any atom is -0.384 e. The second-order valence-electron chi connectivity index (χ2n) is 8.91. The number of hydrogen-bond donors (Lipinski definition) is 1. The molecule has 1 aliphatic carbocycles. The van der Waals surface area contributed by atoms with E-state index in [1.54, 1.807) is 0 Å². The van der Waals surface area contributed by atoms with Crippen molar-refractivity contribution in [2.75, 3.05) is 50.5 Å². The Bertz CT molecular complexity index is 1110. The van der Waals surface area contributed by atoms with Crippen molar-refractivity contribution in [2.24, 2.45) is 0 Å². The summed E-state index contributed by atoms with van der Waals surface area (Å²) >= 11 is 0. The van der Waals surface area contributed by atoms with Gasteiger partial charge >= 0.3 is 0 Å². The fraction of sp³-hybridized carbons (Fsp3) is 0.440. The summed E-state index contributed by atoms with van der Waals surface area (Å²) in [4.78, 5) is 18.2. The summed E-state index contributed by atoms with van der Waals surface area (Å²) in [6, 6.07) is 9.83. The SMILES string of the molecule is CN(C)CCCNc1cc(N2CCCCCC2)c2noc3c2c1C(=O)c1ccccc1-3. The predicted molar refractivity (Wildman–Crippen MR) is 125 cm³/mol. The highest BCUT2D eigenvalue weighted by atomic mass is 16.5. The lowest BCUT2D eigenvalue weighted by molar-refractivity contribution is 0.104. The molecule has 2 heterocycles. The van der Waals surface area contributed by atoms with Gasteiger partial charge in [-0.15, -0.1) is 0 Å². The zero-order valence-corrected chi connectivity index (χ0v) is 18.4. The summed E-state index contributed by atoms with van der Waals surface area (Å²) in [7, 11) is 4.16. The van der Waals surface area contributed by atoms with Crippen molar-refractivity contribution >= 4 is 28.1 Å². The van der Waals surface area contributed by atoms with E-state index in [1.807, 2.05) is 24.3 Å². The number of rotatable bonds is 6. The van der Waals surface area contributed by atoms with Crippen LogP contribution in [0.2, 0.25) is 0 Å². The van der Waals surface area contributed by atoms with Crippen molar-refractivity contribution in [3.05, 3.63) is 41.5 Å². The van der Waals surface area contributed by atoms with E-state index >= 15 is 0 Å². The number of nitrogens with one attached hydrogen (secondary N) is 1. The Balaban J connectivity index is 1.64. The van der Waals surface area contributed by atoms with E-state index in [-0.39, 0.29) is 5.78 Å². The topological polar surface area (TPSA) is 61.6 Å². The van der Waals surface area contributed by atoms with Crippen LogP contribution in [-0.4, -0.2) is 56.1 Å². The molecule has 6 heteroatoms. The quantitative estimate of drug-likeness (QED) is 0.455. The molecule has 1 aromatic heterocycles. The van der Waals surface area contributed by atoms with E-state index in [9.17, 15) is 4.79 Å². The Morgan fingerprint density at radius 1 is 1.10 bits per heavy atom. The van der Waals surface area contributed by atoms with E-state index in [4.69, 9.17) is 4.52 Å². The van der Waals surface area contributed by atoms with Crippen LogP contribution < -0.4 is 10.2 Å². The lowest BCUT2D eigenvalue weighted by atomic mass is 9.86. The summed E-state index contributed by atoms with van der Waals surface area (Å²) in [6.07, 6.45) is 5.90. The number of anilines is 2. The molecule has 0 radical (unpaired) electrons. The van der Waals surface area contributed by atoms with Crippen LogP contribution in [0, 0.1) is 0 Å². The van der Waals surface area contributed by atoms with Gasteiger partial charge < -0.3 is 19.6 Å². The normalized spacial score (nSPS) is 16.0. The molecule has 6 nitrogen and oxygen atoms in total. The number of carbonyl (C=O) groups excluding carboxylic acids is 1. The van der Waals surface area contributed by atoms with Crippen LogP contribution in [0.5, 0.6) is 0 Å². The molecule has 1 N–H and O–H groups in total. The molecule has 1 fully saturated rings. The Kier molecular flexibility index (Phi) is 5.40. The van der Waals surface area contributed by atoms with Gasteiger partial charge in [-0.25, -0.2) is 0 Å². The van der Waals surface area contributed by atoms with E-state index in [1.165, 1.54) is 25.7 Å². The summed E-state index contributed by atoms with van der Waals surface area (Å²) in [5, 5.41) is 8.92. The lowest BCUT2D eigenvalue weighted by Crippen LogP contribution is -2.25. The molecular weight excluding hydrogens is 388 g/mol. The highest BCUT2D eigenvalue weighted by Crippen LogP contribution is 2.46. The van der Waals surface area contributed by atoms with E-state index in [0.717, 1.165) is 60.4 Å². The highest BCUT2D eigenvalue weighted by molar-refractivity contribution is 6.28. The van der Waals surface area contributed by atoms with Gasteiger partial charge in [0.1, 0.15) is 5.52 Å². The molecule has 0 atom stereocenters. The van der Waals surface area contributed by atoms with Crippen molar-refractivity contribution in [1.82, 2.24) is 10.1 Å². The second-order valence-corrected chi connectivity index (χ2v) is 8.91. The van der Waals surface area contributed by atoms with Crippen LogP contribution in [0.3, 0.4) is 0 Å². The minimum atomic E-state index is 0.0498. The molecule has 0 saturated carbocycles. The van der Waals surface area contributed by atoms with Crippen molar-refractivity contribution in [2.45, 2.75) is 32.1 Å². The van der Waals surface area contributed by atoms with Gasteiger partial charge in [0.25, 0.3) is 0 Å². The molecule has 1 saturated heterocycles. The zero-order chi connectivity index (χ0) is 21.4. The van der Waals surface area contributed by atoms with Crippen LogP contribution in [0.25, 0.3) is 22.2 Å². The van der Waals surface area contributed by atoms with Crippen LogP contribution in [0.15, 0.2) is 34.9 Å². The van der Waals surface area contributed by atoms with Crippen LogP contribution in [-0.2, 0) is 0 Å². The Morgan fingerprint density at radius 3 is 2.58 bits per heavy atom. The van der Waals surface area contributed by atoms with Crippen molar-refractivity contribution in [3.63, 3.8) is 0 Å². The van der Waals surface area contributed by atoms with E-state index < -0.39 is 0 Å². The van der Waals surface area contributed by atoms with Gasteiger partial charge in [-0.2, -0.15) is 0 Å². The number of hydrogen-bond acceptors (Lipinski definition) is 6. The van der Waals surface area contributed by atoms with Crippen molar-refractivity contribution in [1.29, 1.82) is 0 Å². The molecule has 162 valence electrons. The van der Waals surface area contributed by atoms with Gasteiger partial charge in [-0.05, 0) is 46.0 Å². The maximum atomic E-state index is 13.6. The standard InChI is InChI=1S/C25H30N4O2/c1-28(2)13-9-12-26-19-16-20(29-14-7-3-4-8-15-29)23-22-21(19)24(30)17-10-5-6-11-18(17)25(22)31-27-23/h5-6,10-11,16,26H,3-4,7-9,12-15H2,1-2H3. The first-order chi connectivity index (χ1) is 15.1. The molecule has 0 unspecified atom stereocenters. The maximum Gasteiger partial charge on any atom is 0.196 e. The predicted octanol–water partition coefficient (Wildman–Crippen LogP) is 4.78. The Morgan fingerprint density at radius 2 is 1.84 bits per heavy atom. The van der Waals surface area contributed by atoms with Gasteiger partial charge in [0.05, 0.1) is 16.6 Å². The molecule has 2 aromatic carbocycles. The third-order valence-corrected chi connectivity index (χ3v) is 6.42. The summed E-state index contributed by atoms with van der Waals surface area (Å²) < 4.78 is 5.88. The first kappa shape index (κ1) is 20.1. The molecule has 0 amide bonds.